The highest BCUT2D eigenvalue weighted by Gasteiger charge is 2.33. The van der Waals surface area contributed by atoms with Gasteiger partial charge in [-0.15, -0.1) is 0 Å². The molecule has 1 aromatic rings. The van der Waals surface area contributed by atoms with E-state index in [-0.39, 0.29) is 17.5 Å². The van der Waals surface area contributed by atoms with Gasteiger partial charge in [-0.05, 0) is 24.1 Å². The number of carbonyl (C=O) groups excluding carboxylic acids is 1. The third kappa shape index (κ3) is 2.40. The molecule has 2 nitrogen and oxygen atoms in total. The fourth-order valence-corrected chi connectivity index (χ4v) is 1.41. The molecule has 0 N–H and O–H groups in total. The molecule has 5 heteroatoms. The molecule has 84 valence electrons. The Morgan fingerprint density at radius 2 is 2.06 bits per heavy atom. The number of hydrogen-bond acceptors (Lipinski definition) is 2. The Hall–Kier alpha value is -1.83. The van der Waals surface area contributed by atoms with Gasteiger partial charge in [-0.3, -0.25) is 4.79 Å². The van der Waals surface area contributed by atoms with Crippen molar-refractivity contribution in [2.24, 2.45) is 0 Å². The topological polar surface area (TPSA) is 40.9 Å². The van der Waals surface area contributed by atoms with Crippen LogP contribution in [-0.4, -0.2) is 6.29 Å². The van der Waals surface area contributed by atoms with Crippen molar-refractivity contribution in [2.45, 2.75) is 19.5 Å². The van der Waals surface area contributed by atoms with Crippen molar-refractivity contribution in [3.8, 4) is 6.07 Å². The maximum absolute atomic E-state index is 12.6. The largest absolute Gasteiger partial charge is 0.416 e. The lowest BCUT2D eigenvalue weighted by molar-refractivity contribution is -0.138. The smallest absolute Gasteiger partial charge is 0.298 e. The van der Waals surface area contributed by atoms with Gasteiger partial charge in [0.1, 0.15) is 6.29 Å². The Bertz CT molecular complexity index is 458. The van der Waals surface area contributed by atoms with Crippen LogP contribution in [-0.2, 0) is 12.6 Å². The number of rotatable bonds is 2. The van der Waals surface area contributed by atoms with Crippen LogP contribution in [0.1, 0.15) is 27.0 Å². The quantitative estimate of drug-likeness (QED) is 0.729. The Morgan fingerprint density at radius 1 is 1.44 bits per heavy atom. The van der Waals surface area contributed by atoms with Crippen LogP contribution in [0.4, 0.5) is 13.2 Å². The van der Waals surface area contributed by atoms with E-state index in [4.69, 9.17) is 5.26 Å². The zero-order chi connectivity index (χ0) is 12.3. The van der Waals surface area contributed by atoms with Crippen LogP contribution in [0.3, 0.4) is 0 Å². The molecule has 1 aromatic carbocycles. The van der Waals surface area contributed by atoms with Crippen molar-refractivity contribution < 1.29 is 18.0 Å². The van der Waals surface area contributed by atoms with E-state index in [0.717, 1.165) is 6.07 Å². The molecule has 0 aliphatic heterocycles. The summed E-state index contributed by atoms with van der Waals surface area (Å²) in [5.74, 6) is 0. The summed E-state index contributed by atoms with van der Waals surface area (Å²) in [7, 11) is 0. The number of nitriles is 1. The highest BCUT2D eigenvalue weighted by Crippen LogP contribution is 2.33. The molecule has 0 saturated carbocycles. The molecular formula is C11H8F3NO. The van der Waals surface area contributed by atoms with Gasteiger partial charge in [0.05, 0.1) is 18.1 Å². The van der Waals surface area contributed by atoms with E-state index in [9.17, 15) is 18.0 Å². The summed E-state index contributed by atoms with van der Waals surface area (Å²) in [4.78, 5) is 10.5. The first-order valence-corrected chi connectivity index (χ1v) is 4.43. The summed E-state index contributed by atoms with van der Waals surface area (Å²) in [6.45, 7) is 1.53. The zero-order valence-electron chi connectivity index (χ0n) is 8.43. The van der Waals surface area contributed by atoms with E-state index in [1.165, 1.54) is 13.0 Å². The van der Waals surface area contributed by atoms with Gasteiger partial charge in [0.25, 0.3) is 0 Å². The fourth-order valence-electron chi connectivity index (χ4n) is 1.41. The number of nitrogens with zero attached hydrogens (tertiary/aromatic N) is 1. The standard InChI is InChI=1S/C11H8F3NO/c1-7-4-8(2-3-15)10(11(12,13)14)5-9(7)6-16/h4-6H,2H2,1H3. The van der Waals surface area contributed by atoms with Crippen molar-refractivity contribution in [2.75, 3.05) is 0 Å². The molecule has 0 aromatic heterocycles. The lowest BCUT2D eigenvalue weighted by atomic mass is 9.97. The predicted molar refractivity (Wildman–Crippen MR) is 50.9 cm³/mol. The normalized spacial score (nSPS) is 10.9. The monoisotopic (exact) mass is 227 g/mol. The number of aryl methyl sites for hydroxylation is 1. The van der Waals surface area contributed by atoms with Crippen molar-refractivity contribution in [3.05, 3.63) is 34.4 Å². The van der Waals surface area contributed by atoms with Gasteiger partial charge in [0.15, 0.2) is 0 Å². The first-order valence-electron chi connectivity index (χ1n) is 4.43. The second kappa shape index (κ2) is 4.35. The van der Waals surface area contributed by atoms with Crippen molar-refractivity contribution in [1.82, 2.24) is 0 Å². The minimum absolute atomic E-state index is 0.00554. The molecule has 0 aliphatic rings. The summed E-state index contributed by atoms with van der Waals surface area (Å²) in [6.07, 6.45) is -4.49. The van der Waals surface area contributed by atoms with E-state index >= 15 is 0 Å². The summed E-state index contributed by atoms with van der Waals surface area (Å²) in [5.41, 5.74) is -0.581. The average molecular weight is 227 g/mol. The summed E-state index contributed by atoms with van der Waals surface area (Å²) in [6, 6.07) is 3.69. The third-order valence-corrected chi connectivity index (χ3v) is 2.19. The minimum Gasteiger partial charge on any atom is -0.298 e. The average Bonchev–Trinajstić information content (AvgIpc) is 2.16. The van der Waals surface area contributed by atoms with Crippen molar-refractivity contribution in [3.63, 3.8) is 0 Å². The van der Waals surface area contributed by atoms with E-state index in [1.54, 1.807) is 6.07 Å². The van der Waals surface area contributed by atoms with E-state index in [1.807, 2.05) is 0 Å². The second-order valence-electron chi connectivity index (χ2n) is 3.32. The van der Waals surface area contributed by atoms with Gasteiger partial charge in [0, 0.05) is 5.56 Å². The van der Waals surface area contributed by atoms with E-state index in [2.05, 4.69) is 0 Å². The summed E-state index contributed by atoms with van der Waals surface area (Å²) in [5, 5.41) is 8.44. The SMILES string of the molecule is Cc1cc(CC#N)c(C(F)(F)F)cc1C=O. The molecule has 16 heavy (non-hydrogen) atoms. The van der Waals surface area contributed by atoms with E-state index < -0.39 is 11.7 Å². The number of aldehydes is 1. The van der Waals surface area contributed by atoms with E-state index in [0.29, 0.717) is 11.8 Å². The molecule has 0 saturated heterocycles. The van der Waals surface area contributed by atoms with Gasteiger partial charge in [-0.2, -0.15) is 18.4 Å². The van der Waals surface area contributed by atoms with Crippen LogP contribution >= 0.6 is 0 Å². The van der Waals surface area contributed by atoms with Crippen LogP contribution < -0.4 is 0 Å². The van der Waals surface area contributed by atoms with Gasteiger partial charge >= 0.3 is 6.18 Å². The molecule has 0 bridgehead atoms. The van der Waals surface area contributed by atoms with Crippen LogP contribution in [0.25, 0.3) is 0 Å². The van der Waals surface area contributed by atoms with Crippen molar-refractivity contribution >= 4 is 6.29 Å². The maximum Gasteiger partial charge on any atom is 0.416 e. The number of alkyl halides is 3. The van der Waals surface area contributed by atoms with Gasteiger partial charge in [-0.25, -0.2) is 0 Å². The Labute approximate surface area is 90.3 Å². The lowest BCUT2D eigenvalue weighted by Gasteiger charge is -2.13. The summed E-state index contributed by atoms with van der Waals surface area (Å²) >= 11 is 0. The Kier molecular flexibility index (Phi) is 3.33. The Morgan fingerprint density at radius 3 is 2.50 bits per heavy atom. The van der Waals surface area contributed by atoms with Gasteiger partial charge < -0.3 is 0 Å². The fraction of sp³-hybridized carbons (Fsp3) is 0.273. The van der Waals surface area contributed by atoms with Crippen LogP contribution in [0.2, 0.25) is 0 Å². The number of benzene rings is 1. The molecule has 0 spiro atoms. The predicted octanol–water partition coefficient (Wildman–Crippen LogP) is 2.89. The lowest BCUT2D eigenvalue weighted by Crippen LogP contribution is -2.10. The number of carbonyl (C=O) groups is 1. The Balaban J connectivity index is 3.44. The molecule has 0 fully saturated rings. The van der Waals surface area contributed by atoms with Gasteiger partial charge in [0.2, 0.25) is 0 Å². The molecule has 0 heterocycles. The highest BCUT2D eigenvalue weighted by molar-refractivity contribution is 5.78. The highest BCUT2D eigenvalue weighted by atomic mass is 19.4. The number of hydrogen-bond donors (Lipinski definition) is 0. The maximum atomic E-state index is 12.6. The van der Waals surface area contributed by atoms with Crippen molar-refractivity contribution in [1.29, 1.82) is 5.26 Å². The molecule has 0 radical (unpaired) electrons. The molecular weight excluding hydrogens is 219 g/mol. The first kappa shape index (κ1) is 12.2. The zero-order valence-corrected chi connectivity index (χ0v) is 8.43. The van der Waals surface area contributed by atoms with Gasteiger partial charge in [-0.1, -0.05) is 6.07 Å². The third-order valence-electron chi connectivity index (χ3n) is 2.19. The molecule has 0 unspecified atom stereocenters. The van der Waals surface area contributed by atoms with Crippen LogP contribution in [0, 0.1) is 18.3 Å². The second-order valence-corrected chi connectivity index (χ2v) is 3.32. The molecule has 0 aliphatic carbocycles. The minimum atomic E-state index is -4.54. The van der Waals surface area contributed by atoms with Crippen LogP contribution in [0.5, 0.6) is 0 Å². The van der Waals surface area contributed by atoms with Crippen LogP contribution in [0.15, 0.2) is 12.1 Å². The summed E-state index contributed by atoms with van der Waals surface area (Å²) < 4.78 is 37.8. The first-order chi connectivity index (χ1) is 7.40. The molecule has 1 rings (SSSR count). The molecule has 0 atom stereocenters. The number of halogens is 3. The molecule has 0 amide bonds.